The van der Waals surface area contributed by atoms with E-state index in [1.54, 1.807) is 11.1 Å². The number of fused-ring (bicyclic) bond motifs is 5. The van der Waals surface area contributed by atoms with Gasteiger partial charge in [-0.3, -0.25) is 0 Å². The Morgan fingerprint density at radius 3 is 1.85 bits per heavy atom. The van der Waals surface area contributed by atoms with E-state index in [1.807, 2.05) is 0 Å². The second-order valence-corrected chi connectivity index (χ2v) is 4.40. The van der Waals surface area contributed by atoms with Gasteiger partial charge in [0, 0.05) is 11.8 Å². The molecule has 0 aromatic heterocycles. The Kier molecular flexibility index (Phi) is 1.28. The molecule has 0 spiro atoms. The monoisotopic (exact) mass is 170 g/mol. The number of allylic oxidation sites excluding steroid dienone is 2. The quantitative estimate of drug-likeness (QED) is 0.523. The molecule has 13 heavy (non-hydrogen) atoms. The van der Waals surface area contributed by atoms with Gasteiger partial charge in [0.1, 0.15) is 0 Å². The molecule has 3 rings (SSSR count). The van der Waals surface area contributed by atoms with E-state index in [0.717, 1.165) is 11.8 Å². The smallest absolute Gasteiger partial charge is 0.00300 e. The molecule has 0 saturated heterocycles. The van der Waals surface area contributed by atoms with Gasteiger partial charge >= 0.3 is 0 Å². The fourth-order valence-electron chi connectivity index (χ4n) is 2.66. The number of hydrogen-bond acceptors (Lipinski definition) is 0. The first-order chi connectivity index (χ1) is 6.25. The highest BCUT2D eigenvalue weighted by atomic mass is 14.4. The Morgan fingerprint density at radius 1 is 0.923 bits per heavy atom. The molecule has 0 heteroatoms. The first kappa shape index (κ1) is 7.37. The minimum atomic E-state index is 0.735. The Morgan fingerprint density at radius 2 is 1.38 bits per heavy atom. The molecule has 0 saturated carbocycles. The number of aryl methyl sites for hydroxylation is 2. The van der Waals surface area contributed by atoms with Gasteiger partial charge in [-0.1, -0.05) is 24.3 Å². The second-order valence-electron chi connectivity index (χ2n) is 4.40. The van der Waals surface area contributed by atoms with Crippen molar-refractivity contribution in [1.29, 1.82) is 0 Å². The van der Waals surface area contributed by atoms with Crippen LogP contribution in [0.1, 0.15) is 40.5 Å². The van der Waals surface area contributed by atoms with Crippen LogP contribution in [0, 0.1) is 13.8 Å². The Hall–Kier alpha value is -1.04. The molecule has 0 radical (unpaired) electrons. The van der Waals surface area contributed by atoms with Crippen LogP contribution < -0.4 is 0 Å². The molecule has 66 valence electrons. The van der Waals surface area contributed by atoms with Gasteiger partial charge in [0.15, 0.2) is 0 Å². The van der Waals surface area contributed by atoms with Crippen LogP contribution in [0.4, 0.5) is 0 Å². The molecule has 0 unspecified atom stereocenters. The molecule has 1 aromatic rings. The molecular formula is C13H14. The van der Waals surface area contributed by atoms with Crippen molar-refractivity contribution in [3.63, 3.8) is 0 Å². The minimum absolute atomic E-state index is 0.735. The van der Waals surface area contributed by atoms with E-state index in [2.05, 4.69) is 38.1 Å². The largest absolute Gasteiger partial charge is 0.0804 e. The normalized spacial score (nSPS) is 28.2. The van der Waals surface area contributed by atoms with Gasteiger partial charge in [0.05, 0.1) is 0 Å². The SMILES string of the molecule is Cc1cc2c(cc1C)[C@H]1C=C[C@@H]2C1. The van der Waals surface area contributed by atoms with E-state index in [1.165, 1.54) is 17.5 Å². The molecule has 0 fully saturated rings. The minimum Gasteiger partial charge on any atom is -0.0804 e. The summed E-state index contributed by atoms with van der Waals surface area (Å²) in [5, 5.41) is 0. The third kappa shape index (κ3) is 0.861. The average molecular weight is 170 g/mol. The molecule has 2 aliphatic carbocycles. The van der Waals surface area contributed by atoms with Crippen LogP contribution in [0.3, 0.4) is 0 Å². The molecule has 2 aliphatic rings. The van der Waals surface area contributed by atoms with Gasteiger partial charge < -0.3 is 0 Å². The lowest BCUT2D eigenvalue weighted by molar-refractivity contribution is 0.804. The third-order valence-corrected chi connectivity index (χ3v) is 3.58. The summed E-state index contributed by atoms with van der Waals surface area (Å²) in [5.41, 5.74) is 6.07. The van der Waals surface area contributed by atoms with Crippen LogP contribution in [-0.4, -0.2) is 0 Å². The van der Waals surface area contributed by atoms with E-state index in [0.29, 0.717) is 0 Å². The van der Waals surface area contributed by atoms with Gasteiger partial charge in [-0.25, -0.2) is 0 Å². The highest BCUT2D eigenvalue weighted by Crippen LogP contribution is 2.48. The van der Waals surface area contributed by atoms with Gasteiger partial charge in [0.2, 0.25) is 0 Å². The van der Waals surface area contributed by atoms with Crippen LogP contribution >= 0.6 is 0 Å². The standard InChI is InChI=1S/C13H14/c1-8-5-12-10-3-4-11(7-10)13(12)6-9(8)2/h3-6,10-11H,7H2,1-2H3/t10-,11+. The molecule has 0 aliphatic heterocycles. The van der Waals surface area contributed by atoms with Crippen molar-refractivity contribution in [1.82, 2.24) is 0 Å². The van der Waals surface area contributed by atoms with E-state index < -0.39 is 0 Å². The zero-order chi connectivity index (χ0) is 9.00. The molecule has 2 bridgehead atoms. The predicted molar refractivity (Wildman–Crippen MR) is 55.2 cm³/mol. The average Bonchev–Trinajstić information content (AvgIpc) is 2.67. The van der Waals surface area contributed by atoms with Crippen molar-refractivity contribution in [3.8, 4) is 0 Å². The van der Waals surface area contributed by atoms with Crippen LogP contribution in [-0.2, 0) is 0 Å². The highest BCUT2D eigenvalue weighted by Gasteiger charge is 2.32. The van der Waals surface area contributed by atoms with Crippen molar-refractivity contribution < 1.29 is 0 Å². The first-order valence-corrected chi connectivity index (χ1v) is 5.05. The fourth-order valence-corrected chi connectivity index (χ4v) is 2.66. The maximum Gasteiger partial charge on any atom is 0.00300 e. The van der Waals surface area contributed by atoms with Gasteiger partial charge in [-0.2, -0.15) is 0 Å². The molecule has 0 nitrogen and oxygen atoms in total. The van der Waals surface area contributed by atoms with Crippen LogP contribution in [0.25, 0.3) is 0 Å². The zero-order valence-corrected chi connectivity index (χ0v) is 8.17. The van der Waals surface area contributed by atoms with Crippen molar-refractivity contribution in [3.05, 3.63) is 46.5 Å². The molecule has 1 aromatic carbocycles. The summed E-state index contributed by atoms with van der Waals surface area (Å²) >= 11 is 0. The first-order valence-electron chi connectivity index (χ1n) is 5.05. The lowest BCUT2D eigenvalue weighted by atomic mass is 9.93. The van der Waals surface area contributed by atoms with E-state index in [-0.39, 0.29) is 0 Å². The van der Waals surface area contributed by atoms with Crippen LogP contribution in [0.15, 0.2) is 24.3 Å². The third-order valence-electron chi connectivity index (χ3n) is 3.58. The summed E-state index contributed by atoms with van der Waals surface area (Å²) in [6.07, 6.45) is 6.09. The van der Waals surface area contributed by atoms with Crippen molar-refractivity contribution >= 4 is 0 Å². The van der Waals surface area contributed by atoms with Gasteiger partial charge in [0.25, 0.3) is 0 Å². The van der Waals surface area contributed by atoms with Gasteiger partial charge in [-0.15, -0.1) is 0 Å². The fraction of sp³-hybridized carbons (Fsp3) is 0.385. The van der Waals surface area contributed by atoms with Crippen LogP contribution in [0.5, 0.6) is 0 Å². The van der Waals surface area contributed by atoms with E-state index >= 15 is 0 Å². The predicted octanol–water partition coefficient (Wildman–Crippen LogP) is 3.44. The Bertz CT molecular complexity index is 362. The Balaban J connectivity index is 2.25. The van der Waals surface area contributed by atoms with Crippen LogP contribution in [0.2, 0.25) is 0 Å². The molecule has 0 amide bonds. The van der Waals surface area contributed by atoms with Crippen molar-refractivity contribution in [2.24, 2.45) is 0 Å². The number of rotatable bonds is 0. The molecular weight excluding hydrogens is 156 g/mol. The molecule has 0 heterocycles. The lowest BCUT2D eigenvalue weighted by Gasteiger charge is -2.12. The molecule has 0 N–H and O–H groups in total. The zero-order valence-electron chi connectivity index (χ0n) is 8.17. The summed E-state index contributed by atoms with van der Waals surface area (Å²) in [6.45, 7) is 4.43. The maximum atomic E-state index is 2.39. The summed E-state index contributed by atoms with van der Waals surface area (Å²) in [6, 6.07) is 4.78. The topological polar surface area (TPSA) is 0 Å². The van der Waals surface area contributed by atoms with Gasteiger partial charge in [-0.05, 0) is 42.5 Å². The van der Waals surface area contributed by atoms with Crippen molar-refractivity contribution in [2.75, 3.05) is 0 Å². The second kappa shape index (κ2) is 2.25. The summed E-state index contributed by atoms with van der Waals surface area (Å²) in [5.74, 6) is 1.47. The van der Waals surface area contributed by atoms with E-state index in [9.17, 15) is 0 Å². The summed E-state index contributed by atoms with van der Waals surface area (Å²) in [4.78, 5) is 0. The maximum absolute atomic E-state index is 2.39. The Labute approximate surface area is 79.3 Å². The molecule has 2 atom stereocenters. The van der Waals surface area contributed by atoms with Crippen molar-refractivity contribution in [2.45, 2.75) is 32.1 Å². The summed E-state index contributed by atoms with van der Waals surface area (Å²) < 4.78 is 0. The lowest BCUT2D eigenvalue weighted by Crippen LogP contribution is -1.95. The number of benzene rings is 1. The van der Waals surface area contributed by atoms with E-state index in [4.69, 9.17) is 0 Å². The highest BCUT2D eigenvalue weighted by molar-refractivity contribution is 5.51. The number of hydrogen-bond donors (Lipinski definition) is 0. The summed E-state index contributed by atoms with van der Waals surface area (Å²) in [7, 11) is 0.